The standard InChI is InChI=1S/C18H24N4OS/c19-13-15-4-3-5-16(12-15)21-17(23)20-14-18(6-1-2-7-18)22-8-10-24-11-9-22/h3-5,12H,1-2,6-11,14H2,(H2,20,21,23). The molecular weight excluding hydrogens is 320 g/mol. The Kier molecular flexibility index (Phi) is 5.64. The molecule has 6 heteroatoms. The summed E-state index contributed by atoms with van der Waals surface area (Å²) in [5.74, 6) is 2.38. The molecule has 24 heavy (non-hydrogen) atoms. The molecule has 5 nitrogen and oxygen atoms in total. The maximum Gasteiger partial charge on any atom is 0.319 e. The number of benzene rings is 1. The van der Waals surface area contributed by atoms with E-state index in [0.29, 0.717) is 17.8 Å². The average Bonchev–Trinajstić information content (AvgIpc) is 3.11. The molecule has 1 aromatic carbocycles. The Morgan fingerprint density at radius 2 is 2.04 bits per heavy atom. The molecule has 1 saturated carbocycles. The Bertz CT molecular complexity index is 616. The molecule has 2 amide bonds. The molecule has 1 aliphatic carbocycles. The Labute approximate surface area is 147 Å². The third kappa shape index (κ3) is 4.03. The molecule has 2 N–H and O–H groups in total. The van der Waals surface area contributed by atoms with Gasteiger partial charge in [-0.1, -0.05) is 18.9 Å². The number of carbonyl (C=O) groups is 1. The fourth-order valence-electron chi connectivity index (χ4n) is 3.76. The van der Waals surface area contributed by atoms with Crippen molar-refractivity contribution in [3.8, 4) is 6.07 Å². The van der Waals surface area contributed by atoms with E-state index in [1.54, 1.807) is 24.3 Å². The van der Waals surface area contributed by atoms with E-state index in [-0.39, 0.29) is 11.6 Å². The highest BCUT2D eigenvalue weighted by molar-refractivity contribution is 7.99. The molecule has 0 bridgehead atoms. The van der Waals surface area contributed by atoms with Crippen molar-refractivity contribution in [2.75, 3.05) is 36.5 Å². The van der Waals surface area contributed by atoms with Crippen LogP contribution in [0.1, 0.15) is 31.2 Å². The van der Waals surface area contributed by atoms with Gasteiger partial charge in [-0.15, -0.1) is 0 Å². The van der Waals surface area contributed by atoms with Crippen LogP contribution in [-0.4, -0.2) is 47.6 Å². The number of hydrogen-bond donors (Lipinski definition) is 2. The zero-order valence-corrected chi connectivity index (χ0v) is 14.7. The number of amides is 2. The van der Waals surface area contributed by atoms with Crippen LogP contribution in [0.2, 0.25) is 0 Å². The van der Waals surface area contributed by atoms with Crippen LogP contribution in [0.5, 0.6) is 0 Å². The van der Waals surface area contributed by atoms with Gasteiger partial charge in [0.05, 0.1) is 11.6 Å². The van der Waals surface area contributed by atoms with E-state index in [1.165, 1.54) is 37.2 Å². The van der Waals surface area contributed by atoms with Crippen LogP contribution >= 0.6 is 11.8 Å². The monoisotopic (exact) mass is 344 g/mol. The van der Waals surface area contributed by atoms with Crippen LogP contribution in [-0.2, 0) is 0 Å². The van der Waals surface area contributed by atoms with Crippen LogP contribution in [0.15, 0.2) is 24.3 Å². The van der Waals surface area contributed by atoms with Gasteiger partial charge >= 0.3 is 6.03 Å². The van der Waals surface area contributed by atoms with Crippen molar-refractivity contribution in [1.82, 2.24) is 10.2 Å². The molecular formula is C18H24N4OS. The summed E-state index contributed by atoms with van der Waals surface area (Å²) < 4.78 is 0. The van der Waals surface area contributed by atoms with Gasteiger partial charge in [0.1, 0.15) is 0 Å². The summed E-state index contributed by atoms with van der Waals surface area (Å²) in [7, 11) is 0. The topological polar surface area (TPSA) is 68.2 Å². The zero-order chi connectivity index (χ0) is 16.8. The van der Waals surface area contributed by atoms with Gasteiger partial charge < -0.3 is 10.6 Å². The van der Waals surface area contributed by atoms with Crippen LogP contribution in [0.3, 0.4) is 0 Å². The summed E-state index contributed by atoms with van der Waals surface area (Å²) in [6.45, 7) is 2.94. The number of anilines is 1. The van der Waals surface area contributed by atoms with E-state index in [4.69, 9.17) is 5.26 Å². The van der Waals surface area contributed by atoms with Crippen molar-refractivity contribution in [3.05, 3.63) is 29.8 Å². The predicted octanol–water partition coefficient (Wildman–Crippen LogP) is 3.04. The number of rotatable bonds is 4. The van der Waals surface area contributed by atoms with Crippen LogP contribution in [0.25, 0.3) is 0 Å². The highest BCUT2D eigenvalue weighted by Crippen LogP contribution is 2.36. The molecule has 128 valence electrons. The van der Waals surface area contributed by atoms with Crippen molar-refractivity contribution in [2.24, 2.45) is 0 Å². The molecule has 0 atom stereocenters. The number of thioether (sulfide) groups is 1. The summed E-state index contributed by atoms with van der Waals surface area (Å²) in [5, 5.41) is 14.8. The Morgan fingerprint density at radius 1 is 1.29 bits per heavy atom. The lowest BCUT2D eigenvalue weighted by atomic mass is 9.94. The first-order valence-electron chi connectivity index (χ1n) is 8.60. The van der Waals surface area contributed by atoms with Crippen molar-refractivity contribution < 1.29 is 4.79 Å². The molecule has 1 heterocycles. The van der Waals surface area contributed by atoms with Gasteiger partial charge in [0, 0.05) is 42.4 Å². The first kappa shape index (κ1) is 17.1. The molecule has 2 aliphatic rings. The van der Waals surface area contributed by atoms with Gasteiger partial charge in [-0.3, -0.25) is 4.90 Å². The van der Waals surface area contributed by atoms with Gasteiger partial charge in [-0.05, 0) is 31.0 Å². The Hall–Kier alpha value is -1.71. The first-order valence-corrected chi connectivity index (χ1v) is 9.75. The molecule has 0 spiro atoms. The minimum Gasteiger partial charge on any atom is -0.336 e. The maximum atomic E-state index is 12.3. The highest BCUT2D eigenvalue weighted by Gasteiger charge is 2.40. The summed E-state index contributed by atoms with van der Waals surface area (Å²) >= 11 is 2.02. The fourth-order valence-corrected chi connectivity index (χ4v) is 4.67. The third-order valence-electron chi connectivity index (χ3n) is 5.04. The second-order valence-corrected chi connectivity index (χ2v) is 7.76. The normalized spacial score (nSPS) is 20.3. The van der Waals surface area contributed by atoms with E-state index in [1.807, 2.05) is 11.8 Å². The maximum absolute atomic E-state index is 12.3. The SMILES string of the molecule is N#Cc1cccc(NC(=O)NCC2(N3CCSCC3)CCCC2)c1. The van der Waals surface area contributed by atoms with Crippen molar-refractivity contribution in [3.63, 3.8) is 0 Å². The molecule has 2 fully saturated rings. The molecule has 1 aliphatic heterocycles. The summed E-state index contributed by atoms with van der Waals surface area (Å²) in [6.07, 6.45) is 4.83. The Morgan fingerprint density at radius 3 is 2.75 bits per heavy atom. The third-order valence-corrected chi connectivity index (χ3v) is 5.99. The molecule has 0 unspecified atom stereocenters. The van der Waals surface area contributed by atoms with E-state index >= 15 is 0 Å². The van der Waals surface area contributed by atoms with Gasteiger partial charge in [-0.25, -0.2) is 4.79 Å². The van der Waals surface area contributed by atoms with E-state index in [9.17, 15) is 4.79 Å². The largest absolute Gasteiger partial charge is 0.336 e. The minimum absolute atomic E-state index is 0.132. The molecule has 1 aromatic rings. The predicted molar refractivity (Wildman–Crippen MR) is 98.3 cm³/mol. The lowest BCUT2D eigenvalue weighted by Gasteiger charge is -2.43. The van der Waals surface area contributed by atoms with Crippen molar-refractivity contribution in [1.29, 1.82) is 5.26 Å². The summed E-state index contributed by atoms with van der Waals surface area (Å²) in [4.78, 5) is 14.9. The van der Waals surface area contributed by atoms with Crippen molar-refractivity contribution in [2.45, 2.75) is 31.2 Å². The van der Waals surface area contributed by atoms with E-state index < -0.39 is 0 Å². The first-order chi connectivity index (χ1) is 11.7. The molecule has 1 saturated heterocycles. The number of hydrogen-bond acceptors (Lipinski definition) is 4. The van der Waals surface area contributed by atoms with Gasteiger partial charge in [0.15, 0.2) is 0 Å². The van der Waals surface area contributed by atoms with Crippen molar-refractivity contribution >= 4 is 23.5 Å². The lowest BCUT2D eigenvalue weighted by molar-refractivity contribution is 0.105. The molecule has 0 aromatic heterocycles. The number of urea groups is 1. The van der Waals surface area contributed by atoms with Gasteiger partial charge in [0.2, 0.25) is 0 Å². The average molecular weight is 344 g/mol. The zero-order valence-electron chi connectivity index (χ0n) is 13.9. The minimum atomic E-state index is -0.192. The second kappa shape index (κ2) is 7.91. The number of carbonyl (C=O) groups excluding carboxylic acids is 1. The van der Waals surface area contributed by atoms with Crippen LogP contribution in [0, 0.1) is 11.3 Å². The van der Waals surface area contributed by atoms with Crippen LogP contribution in [0.4, 0.5) is 10.5 Å². The number of nitriles is 1. The summed E-state index contributed by atoms with van der Waals surface area (Å²) in [5.41, 5.74) is 1.33. The number of nitrogens with zero attached hydrogens (tertiary/aromatic N) is 2. The van der Waals surface area contributed by atoms with Crippen LogP contribution < -0.4 is 10.6 Å². The van der Waals surface area contributed by atoms with Gasteiger partial charge in [0.25, 0.3) is 0 Å². The van der Waals surface area contributed by atoms with E-state index in [2.05, 4.69) is 21.6 Å². The second-order valence-electron chi connectivity index (χ2n) is 6.53. The van der Waals surface area contributed by atoms with Gasteiger partial charge in [-0.2, -0.15) is 17.0 Å². The smallest absolute Gasteiger partial charge is 0.319 e. The molecule has 3 rings (SSSR count). The molecule has 0 radical (unpaired) electrons. The quantitative estimate of drug-likeness (QED) is 0.881. The number of nitrogens with one attached hydrogen (secondary N) is 2. The lowest BCUT2D eigenvalue weighted by Crippen LogP contribution is -2.56. The summed E-state index contributed by atoms with van der Waals surface area (Å²) in [6, 6.07) is 8.88. The highest BCUT2D eigenvalue weighted by atomic mass is 32.2. The fraction of sp³-hybridized carbons (Fsp3) is 0.556. The van der Waals surface area contributed by atoms with E-state index in [0.717, 1.165) is 13.1 Å². The Balaban J connectivity index is 1.58.